The van der Waals surface area contributed by atoms with E-state index in [0.717, 1.165) is 0 Å². The molecule has 0 radical (unpaired) electrons. The standard InChI is InChI=1S/C12H22Si/c1-5-6-7-8-9-10-11-12-13(2,3)4/h9-10H,5-8H2,1-4H3. The van der Waals surface area contributed by atoms with Gasteiger partial charge in [-0.25, -0.2) is 0 Å². The highest BCUT2D eigenvalue weighted by molar-refractivity contribution is 6.83. The van der Waals surface area contributed by atoms with Crippen LogP contribution in [0.15, 0.2) is 12.2 Å². The lowest BCUT2D eigenvalue weighted by Gasteiger charge is -2.02. The Balaban J connectivity index is 3.55. The molecule has 0 aliphatic rings. The fourth-order valence-electron chi connectivity index (χ4n) is 0.913. The summed E-state index contributed by atoms with van der Waals surface area (Å²) in [5, 5.41) is 0. The van der Waals surface area contributed by atoms with Gasteiger partial charge in [0.15, 0.2) is 0 Å². The third kappa shape index (κ3) is 11.5. The Kier molecular flexibility index (Phi) is 6.71. The minimum absolute atomic E-state index is 1.14. The zero-order chi connectivity index (χ0) is 10.2. The van der Waals surface area contributed by atoms with Crippen LogP contribution < -0.4 is 0 Å². The molecule has 0 aliphatic heterocycles. The van der Waals surface area contributed by atoms with Crippen LogP contribution in [0, 0.1) is 11.5 Å². The maximum Gasteiger partial charge on any atom is 0.129 e. The highest BCUT2D eigenvalue weighted by Gasteiger charge is 2.06. The molecular formula is C12H22Si. The van der Waals surface area contributed by atoms with Gasteiger partial charge in [-0.3, -0.25) is 0 Å². The summed E-state index contributed by atoms with van der Waals surface area (Å²) >= 11 is 0. The van der Waals surface area contributed by atoms with Crippen molar-refractivity contribution in [2.24, 2.45) is 0 Å². The number of unbranched alkanes of at least 4 members (excludes halogenated alkanes) is 3. The number of allylic oxidation sites excluding steroid dienone is 2. The number of rotatable bonds is 4. The first-order valence-corrected chi connectivity index (χ1v) is 8.74. The van der Waals surface area contributed by atoms with E-state index in [4.69, 9.17) is 0 Å². The van der Waals surface area contributed by atoms with E-state index in [1.165, 1.54) is 25.7 Å². The molecule has 0 spiro atoms. The van der Waals surface area contributed by atoms with E-state index in [-0.39, 0.29) is 0 Å². The molecule has 0 fully saturated rings. The van der Waals surface area contributed by atoms with Crippen LogP contribution in [0.3, 0.4) is 0 Å². The highest BCUT2D eigenvalue weighted by atomic mass is 28.3. The topological polar surface area (TPSA) is 0 Å². The Hall–Kier alpha value is -0.483. The summed E-state index contributed by atoms with van der Waals surface area (Å²) < 4.78 is 0. The lowest BCUT2D eigenvalue weighted by atomic mass is 10.2. The van der Waals surface area contributed by atoms with E-state index in [9.17, 15) is 0 Å². The van der Waals surface area contributed by atoms with E-state index in [0.29, 0.717) is 0 Å². The molecular weight excluding hydrogens is 172 g/mol. The van der Waals surface area contributed by atoms with Crippen molar-refractivity contribution in [3.05, 3.63) is 12.2 Å². The minimum atomic E-state index is -1.14. The Labute approximate surface area is 84.4 Å². The molecule has 13 heavy (non-hydrogen) atoms. The smallest absolute Gasteiger partial charge is 0.127 e. The maximum atomic E-state index is 3.31. The van der Waals surface area contributed by atoms with Crippen molar-refractivity contribution in [3.8, 4) is 11.5 Å². The maximum absolute atomic E-state index is 3.31. The van der Waals surface area contributed by atoms with Gasteiger partial charge in [0.25, 0.3) is 0 Å². The molecule has 0 saturated heterocycles. The van der Waals surface area contributed by atoms with E-state index in [1.807, 2.05) is 6.08 Å². The monoisotopic (exact) mass is 194 g/mol. The first-order chi connectivity index (χ1) is 6.06. The van der Waals surface area contributed by atoms with Gasteiger partial charge in [-0.1, -0.05) is 51.4 Å². The SMILES string of the molecule is CCCCCC=CC#C[Si](C)(C)C. The predicted molar refractivity (Wildman–Crippen MR) is 64.4 cm³/mol. The van der Waals surface area contributed by atoms with Crippen molar-refractivity contribution in [1.82, 2.24) is 0 Å². The van der Waals surface area contributed by atoms with Crippen molar-refractivity contribution in [1.29, 1.82) is 0 Å². The van der Waals surface area contributed by atoms with Crippen LogP contribution in [0.4, 0.5) is 0 Å². The Morgan fingerprint density at radius 1 is 1.15 bits per heavy atom. The second-order valence-electron chi connectivity index (χ2n) is 4.42. The summed E-state index contributed by atoms with van der Waals surface area (Å²) in [7, 11) is -1.14. The normalized spacial score (nSPS) is 11.4. The van der Waals surface area contributed by atoms with E-state index in [1.54, 1.807) is 0 Å². The van der Waals surface area contributed by atoms with Crippen LogP contribution in [0.2, 0.25) is 19.6 Å². The summed E-state index contributed by atoms with van der Waals surface area (Å²) in [6.45, 7) is 9.04. The van der Waals surface area contributed by atoms with Crippen molar-refractivity contribution in [2.45, 2.75) is 52.2 Å². The van der Waals surface area contributed by atoms with Gasteiger partial charge < -0.3 is 0 Å². The fraction of sp³-hybridized carbons (Fsp3) is 0.667. The Morgan fingerprint density at radius 2 is 1.85 bits per heavy atom. The first kappa shape index (κ1) is 12.5. The molecule has 1 heteroatoms. The van der Waals surface area contributed by atoms with Gasteiger partial charge in [0, 0.05) is 0 Å². The van der Waals surface area contributed by atoms with Crippen LogP contribution in [0.5, 0.6) is 0 Å². The summed E-state index contributed by atoms with van der Waals surface area (Å²) in [6, 6.07) is 0. The molecule has 0 rings (SSSR count). The third-order valence-corrected chi connectivity index (χ3v) is 2.52. The lowest BCUT2D eigenvalue weighted by Crippen LogP contribution is -2.16. The quantitative estimate of drug-likeness (QED) is 0.360. The molecule has 0 saturated carbocycles. The third-order valence-electron chi connectivity index (χ3n) is 1.62. The van der Waals surface area contributed by atoms with Gasteiger partial charge >= 0.3 is 0 Å². The minimum Gasteiger partial charge on any atom is -0.127 e. The van der Waals surface area contributed by atoms with Crippen molar-refractivity contribution >= 4 is 8.07 Å². The Bertz CT molecular complexity index is 197. The molecule has 0 unspecified atom stereocenters. The van der Waals surface area contributed by atoms with Crippen LogP contribution in [0.1, 0.15) is 32.6 Å². The van der Waals surface area contributed by atoms with Crippen LogP contribution in [-0.4, -0.2) is 8.07 Å². The molecule has 0 aromatic carbocycles. The van der Waals surface area contributed by atoms with Gasteiger partial charge in [-0.15, -0.1) is 5.54 Å². The van der Waals surface area contributed by atoms with Crippen molar-refractivity contribution in [2.75, 3.05) is 0 Å². The van der Waals surface area contributed by atoms with Gasteiger partial charge in [-0.05, 0) is 18.9 Å². The summed E-state index contributed by atoms with van der Waals surface area (Å²) in [5.41, 5.74) is 3.31. The van der Waals surface area contributed by atoms with Gasteiger partial charge in [0.05, 0.1) is 0 Å². The zero-order valence-corrected chi connectivity index (χ0v) is 10.5. The van der Waals surface area contributed by atoms with Crippen LogP contribution in [-0.2, 0) is 0 Å². The largest absolute Gasteiger partial charge is 0.129 e. The van der Waals surface area contributed by atoms with Crippen molar-refractivity contribution in [3.63, 3.8) is 0 Å². The van der Waals surface area contributed by atoms with Gasteiger partial charge in [0.1, 0.15) is 8.07 Å². The second-order valence-corrected chi connectivity index (χ2v) is 9.17. The van der Waals surface area contributed by atoms with Crippen LogP contribution >= 0.6 is 0 Å². The molecule has 0 aliphatic carbocycles. The fourth-order valence-corrected chi connectivity index (χ4v) is 1.43. The molecule has 0 heterocycles. The highest BCUT2D eigenvalue weighted by Crippen LogP contribution is 1.99. The molecule has 0 aromatic rings. The van der Waals surface area contributed by atoms with E-state index >= 15 is 0 Å². The Morgan fingerprint density at radius 3 is 2.38 bits per heavy atom. The number of hydrogen-bond acceptors (Lipinski definition) is 0. The summed E-state index contributed by atoms with van der Waals surface area (Å²) in [4.78, 5) is 0. The second kappa shape index (κ2) is 6.97. The predicted octanol–water partition coefficient (Wildman–Crippen LogP) is 4.00. The molecule has 0 nitrogen and oxygen atoms in total. The van der Waals surface area contributed by atoms with Crippen molar-refractivity contribution < 1.29 is 0 Å². The van der Waals surface area contributed by atoms with Gasteiger partial charge in [0.2, 0.25) is 0 Å². The van der Waals surface area contributed by atoms with Crippen LogP contribution in [0.25, 0.3) is 0 Å². The summed E-state index contributed by atoms with van der Waals surface area (Å²) in [6.07, 6.45) is 9.35. The average molecular weight is 194 g/mol. The molecule has 74 valence electrons. The van der Waals surface area contributed by atoms with E-state index < -0.39 is 8.07 Å². The molecule has 0 atom stereocenters. The zero-order valence-electron chi connectivity index (χ0n) is 9.48. The molecule has 0 N–H and O–H groups in total. The number of hydrogen-bond donors (Lipinski definition) is 0. The summed E-state index contributed by atoms with van der Waals surface area (Å²) in [5.74, 6) is 3.13. The molecule has 0 amide bonds. The van der Waals surface area contributed by atoms with E-state index in [2.05, 4.69) is 44.1 Å². The average Bonchev–Trinajstić information content (AvgIpc) is 2.01. The van der Waals surface area contributed by atoms with Gasteiger partial charge in [-0.2, -0.15) is 0 Å². The molecule has 0 aromatic heterocycles. The lowest BCUT2D eigenvalue weighted by molar-refractivity contribution is 0.729. The molecule has 0 bridgehead atoms. The first-order valence-electron chi connectivity index (χ1n) is 5.24.